The molecule has 3 heterocycles. The summed E-state index contributed by atoms with van der Waals surface area (Å²) in [5.41, 5.74) is 0.691. The van der Waals surface area contributed by atoms with Crippen LogP contribution in [0.5, 0.6) is 0 Å². The van der Waals surface area contributed by atoms with E-state index in [1.807, 2.05) is 29.2 Å². The lowest BCUT2D eigenvalue weighted by Gasteiger charge is -2.23. The number of aromatic nitrogens is 3. The number of amides is 1. The number of rotatable bonds is 6. The Bertz CT molecular complexity index is 1100. The van der Waals surface area contributed by atoms with Crippen molar-refractivity contribution < 1.29 is 9.72 Å². The van der Waals surface area contributed by atoms with Gasteiger partial charge in [-0.05, 0) is 37.8 Å². The molecular formula is C19H19N7O3S. The molecule has 1 saturated carbocycles. The summed E-state index contributed by atoms with van der Waals surface area (Å²) in [4.78, 5) is 38.6. The zero-order valence-corrected chi connectivity index (χ0v) is 16.8. The Kier molecular flexibility index (Phi) is 4.66. The van der Waals surface area contributed by atoms with Crippen LogP contribution >= 0.6 is 11.3 Å². The lowest BCUT2D eigenvalue weighted by atomic mass is 10.2. The molecule has 2 fully saturated rings. The first-order valence-corrected chi connectivity index (χ1v) is 10.6. The van der Waals surface area contributed by atoms with E-state index >= 15 is 0 Å². The molecule has 0 bridgehead atoms. The molecule has 5 rings (SSSR count). The normalized spacial score (nSPS) is 18.5. The Balaban J connectivity index is 1.37. The number of anilines is 3. The molecule has 3 aromatic rings. The average molecular weight is 425 g/mol. The molecule has 2 aromatic heterocycles. The van der Waals surface area contributed by atoms with E-state index in [1.54, 1.807) is 0 Å². The van der Waals surface area contributed by atoms with E-state index in [0.717, 1.165) is 29.5 Å². The van der Waals surface area contributed by atoms with Crippen LogP contribution in [-0.2, 0) is 4.79 Å². The molecular weight excluding hydrogens is 406 g/mol. The molecule has 0 radical (unpaired) electrons. The van der Waals surface area contributed by atoms with Crippen LogP contribution in [0.2, 0.25) is 0 Å². The molecule has 154 valence electrons. The van der Waals surface area contributed by atoms with Gasteiger partial charge in [0.2, 0.25) is 17.7 Å². The largest absolute Gasteiger partial charge is 0.361 e. The quantitative estimate of drug-likeness (QED) is 0.455. The first kappa shape index (κ1) is 18.7. The van der Waals surface area contributed by atoms with Gasteiger partial charge >= 0.3 is 5.69 Å². The van der Waals surface area contributed by atoms with E-state index < -0.39 is 11.0 Å². The van der Waals surface area contributed by atoms with Gasteiger partial charge in [-0.3, -0.25) is 14.9 Å². The van der Waals surface area contributed by atoms with Crippen LogP contribution in [0.3, 0.4) is 0 Å². The molecule has 1 atom stereocenters. The standard InChI is InChI=1S/C19H19N7O3S/c27-17(24-19-22-12-4-1-2-6-15(12)30-19)13-5-3-9-25(13)18-20-10-14(26(28)29)16(23-18)21-11-7-8-11/h1-2,4,6,10-11,13H,3,5,7-9H2,(H,20,21,23)(H,22,24,27). The molecule has 1 saturated heterocycles. The fraction of sp³-hybridized carbons (Fsp3) is 0.368. The van der Waals surface area contributed by atoms with Gasteiger partial charge < -0.3 is 15.5 Å². The molecule has 1 unspecified atom stereocenters. The molecule has 1 aliphatic carbocycles. The van der Waals surface area contributed by atoms with E-state index in [4.69, 9.17) is 0 Å². The fourth-order valence-corrected chi connectivity index (χ4v) is 4.43. The van der Waals surface area contributed by atoms with Gasteiger partial charge in [0.15, 0.2) is 5.13 Å². The van der Waals surface area contributed by atoms with E-state index in [2.05, 4.69) is 25.6 Å². The van der Waals surface area contributed by atoms with E-state index in [9.17, 15) is 14.9 Å². The number of hydrogen-bond acceptors (Lipinski definition) is 9. The molecule has 11 heteroatoms. The highest BCUT2D eigenvalue weighted by Gasteiger charge is 2.34. The molecule has 2 aliphatic rings. The van der Waals surface area contributed by atoms with Crippen molar-refractivity contribution in [1.82, 2.24) is 15.0 Å². The van der Waals surface area contributed by atoms with Crippen LogP contribution in [0.4, 0.5) is 22.6 Å². The fourth-order valence-electron chi connectivity index (χ4n) is 3.56. The number of benzene rings is 1. The maximum Gasteiger partial charge on any atom is 0.329 e. The van der Waals surface area contributed by atoms with Crippen LogP contribution in [0, 0.1) is 10.1 Å². The summed E-state index contributed by atoms with van der Waals surface area (Å²) >= 11 is 1.43. The lowest BCUT2D eigenvalue weighted by Crippen LogP contribution is -2.40. The highest BCUT2D eigenvalue weighted by molar-refractivity contribution is 7.22. The van der Waals surface area contributed by atoms with Crippen molar-refractivity contribution in [2.75, 3.05) is 22.1 Å². The van der Waals surface area contributed by atoms with Crippen molar-refractivity contribution in [3.8, 4) is 0 Å². The minimum absolute atomic E-state index is 0.152. The first-order chi connectivity index (χ1) is 14.6. The zero-order valence-electron chi connectivity index (χ0n) is 15.9. The summed E-state index contributed by atoms with van der Waals surface area (Å²) in [6, 6.07) is 7.47. The monoisotopic (exact) mass is 425 g/mol. The third-order valence-electron chi connectivity index (χ3n) is 5.21. The SMILES string of the molecule is O=C(Nc1nc2ccccc2s1)C1CCCN1c1ncc([N+](=O)[O-])c(NC2CC2)n1. The Morgan fingerprint density at radius 1 is 1.23 bits per heavy atom. The third kappa shape index (κ3) is 3.63. The van der Waals surface area contributed by atoms with Crippen molar-refractivity contribution in [3.05, 3.63) is 40.6 Å². The van der Waals surface area contributed by atoms with Crippen LogP contribution in [0.25, 0.3) is 10.2 Å². The number of fused-ring (bicyclic) bond motifs is 1. The number of carbonyl (C=O) groups is 1. The first-order valence-electron chi connectivity index (χ1n) is 9.79. The molecule has 2 N–H and O–H groups in total. The zero-order chi connectivity index (χ0) is 20.7. The summed E-state index contributed by atoms with van der Waals surface area (Å²) in [5, 5.41) is 17.9. The van der Waals surface area contributed by atoms with Crippen molar-refractivity contribution in [2.24, 2.45) is 0 Å². The topological polar surface area (TPSA) is 126 Å². The van der Waals surface area contributed by atoms with Gasteiger partial charge in [-0.25, -0.2) is 9.97 Å². The Labute approximate surface area is 175 Å². The number of carbonyl (C=O) groups excluding carboxylic acids is 1. The van der Waals surface area contributed by atoms with Crippen LogP contribution in [0.15, 0.2) is 30.5 Å². The molecule has 30 heavy (non-hydrogen) atoms. The molecule has 1 amide bonds. The second-order valence-electron chi connectivity index (χ2n) is 7.41. The van der Waals surface area contributed by atoms with Gasteiger partial charge in [0.05, 0.1) is 15.1 Å². The Morgan fingerprint density at radius 3 is 2.83 bits per heavy atom. The smallest absolute Gasteiger partial charge is 0.329 e. The highest BCUT2D eigenvalue weighted by Crippen LogP contribution is 2.32. The second kappa shape index (κ2) is 7.48. The summed E-state index contributed by atoms with van der Waals surface area (Å²) < 4.78 is 1.01. The van der Waals surface area contributed by atoms with Crippen molar-refractivity contribution in [3.63, 3.8) is 0 Å². The number of para-hydroxylation sites is 1. The molecule has 1 aliphatic heterocycles. The summed E-state index contributed by atoms with van der Waals surface area (Å²) in [6.45, 7) is 0.610. The van der Waals surface area contributed by atoms with Crippen molar-refractivity contribution >= 4 is 50.0 Å². The third-order valence-corrected chi connectivity index (χ3v) is 6.16. The number of nitrogens with one attached hydrogen (secondary N) is 2. The minimum Gasteiger partial charge on any atom is -0.361 e. The summed E-state index contributed by atoms with van der Waals surface area (Å²) in [6.07, 6.45) is 4.61. The number of nitro groups is 1. The van der Waals surface area contributed by atoms with Gasteiger partial charge in [0.25, 0.3) is 0 Å². The molecule has 1 aromatic carbocycles. The highest BCUT2D eigenvalue weighted by atomic mass is 32.1. The average Bonchev–Trinajstić information content (AvgIpc) is 3.25. The summed E-state index contributed by atoms with van der Waals surface area (Å²) in [7, 11) is 0. The Morgan fingerprint density at radius 2 is 2.07 bits per heavy atom. The predicted octanol–water partition coefficient (Wildman–Crippen LogP) is 3.18. The van der Waals surface area contributed by atoms with Crippen LogP contribution in [0.1, 0.15) is 25.7 Å². The van der Waals surface area contributed by atoms with E-state index in [1.165, 1.54) is 17.5 Å². The minimum atomic E-state index is -0.490. The number of thiazole rings is 1. The van der Waals surface area contributed by atoms with Crippen LogP contribution in [-0.4, -0.2) is 44.4 Å². The predicted molar refractivity (Wildman–Crippen MR) is 114 cm³/mol. The van der Waals surface area contributed by atoms with E-state index in [-0.39, 0.29) is 23.5 Å². The van der Waals surface area contributed by atoms with Gasteiger partial charge in [-0.15, -0.1) is 0 Å². The van der Waals surface area contributed by atoms with E-state index in [0.29, 0.717) is 24.0 Å². The Hall–Kier alpha value is -3.34. The maximum absolute atomic E-state index is 13.0. The van der Waals surface area contributed by atoms with Gasteiger partial charge in [-0.2, -0.15) is 4.98 Å². The number of hydrogen-bond donors (Lipinski definition) is 2. The second-order valence-corrected chi connectivity index (χ2v) is 8.44. The van der Waals surface area contributed by atoms with Gasteiger partial charge in [0, 0.05) is 12.6 Å². The molecule has 0 spiro atoms. The molecule has 10 nitrogen and oxygen atoms in total. The van der Waals surface area contributed by atoms with Crippen LogP contribution < -0.4 is 15.5 Å². The van der Waals surface area contributed by atoms with Crippen molar-refractivity contribution in [2.45, 2.75) is 37.8 Å². The van der Waals surface area contributed by atoms with Gasteiger partial charge in [0.1, 0.15) is 12.2 Å². The van der Waals surface area contributed by atoms with Crippen molar-refractivity contribution in [1.29, 1.82) is 0 Å². The summed E-state index contributed by atoms with van der Waals surface area (Å²) in [5.74, 6) is 0.362. The maximum atomic E-state index is 13.0. The number of nitrogens with zero attached hydrogens (tertiary/aromatic N) is 5. The van der Waals surface area contributed by atoms with Gasteiger partial charge in [-0.1, -0.05) is 23.5 Å². The lowest BCUT2D eigenvalue weighted by molar-refractivity contribution is -0.384.